The molecule has 0 N–H and O–H groups in total. The standard InChI is InChI=1S/C33H31O8/c1-6-37-31(34)22-14-12-21(13-15-22)25-17-16-23(40-25)18-27-19(3)28-30(24-10-8-9-11-26(24)36-5)29(32(35)38-7-2)20(4)39-33(28)41-27/h8-18,28,30H,3,6-7H2,1-2,4-5H3/q+1/b27-18-. The van der Waals surface area contributed by atoms with Gasteiger partial charge in [-0.3, -0.25) is 9.16 Å². The minimum Gasteiger partial charge on any atom is -0.496 e. The van der Waals surface area contributed by atoms with E-state index in [0.717, 1.165) is 11.1 Å². The zero-order chi connectivity index (χ0) is 29.1. The molecule has 2 atom stereocenters. The number of rotatable bonds is 8. The fourth-order valence-electron chi connectivity index (χ4n) is 5.11. The van der Waals surface area contributed by atoms with E-state index in [-0.39, 0.29) is 12.6 Å². The lowest BCUT2D eigenvalue weighted by atomic mass is 9.75. The number of methoxy groups -OCH3 is 1. The predicted octanol–water partition coefficient (Wildman–Crippen LogP) is 6.37. The van der Waals surface area contributed by atoms with Crippen LogP contribution in [0.1, 0.15) is 48.4 Å². The number of para-hydroxylation sites is 1. The minimum absolute atomic E-state index is 0.227. The smallest absolute Gasteiger partial charge is 0.496 e. The molecule has 0 fully saturated rings. The van der Waals surface area contributed by atoms with Gasteiger partial charge in [0.1, 0.15) is 22.8 Å². The Morgan fingerprint density at radius 1 is 0.951 bits per heavy atom. The second kappa shape index (κ2) is 11.7. The van der Waals surface area contributed by atoms with Crippen LogP contribution >= 0.6 is 0 Å². The Balaban J connectivity index is 1.47. The molecule has 0 spiro atoms. The zero-order valence-electron chi connectivity index (χ0n) is 23.4. The van der Waals surface area contributed by atoms with E-state index in [4.69, 9.17) is 27.8 Å². The zero-order valence-corrected chi connectivity index (χ0v) is 23.4. The summed E-state index contributed by atoms with van der Waals surface area (Å²) in [5, 5.41) is 0. The number of hydrogen-bond acceptors (Lipinski definition) is 7. The Hall–Kier alpha value is -4.85. The molecular weight excluding hydrogens is 524 g/mol. The first-order valence-electron chi connectivity index (χ1n) is 13.4. The van der Waals surface area contributed by atoms with Gasteiger partial charge in [0.15, 0.2) is 5.92 Å². The van der Waals surface area contributed by atoms with Gasteiger partial charge in [-0.1, -0.05) is 36.9 Å². The SMILES string of the molecule is C=C1/C(=C/c2ccc(-c3ccc(C(=O)OCC)cc3)o2)[O+]=C2OC(C)=C(C(=O)OCC)C(c3ccccc3OC)C12. The average Bonchev–Trinajstić information content (AvgIpc) is 3.56. The molecule has 0 saturated carbocycles. The molecule has 0 amide bonds. The van der Waals surface area contributed by atoms with E-state index in [1.54, 1.807) is 58.2 Å². The van der Waals surface area contributed by atoms with Gasteiger partial charge < -0.3 is 18.6 Å². The molecular formula is C33H31O8+. The molecule has 41 heavy (non-hydrogen) atoms. The van der Waals surface area contributed by atoms with Crippen molar-refractivity contribution in [2.45, 2.75) is 26.7 Å². The van der Waals surface area contributed by atoms with Crippen molar-refractivity contribution in [2.75, 3.05) is 20.3 Å². The van der Waals surface area contributed by atoms with Crippen LogP contribution < -0.4 is 4.74 Å². The van der Waals surface area contributed by atoms with Crippen molar-refractivity contribution in [2.24, 2.45) is 5.92 Å². The van der Waals surface area contributed by atoms with Crippen LogP contribution in [0, 0.1) is 5.92 Å². The summed E-state index contributed by atoms with van der Waals surface area (Å²) < 4.78 is 34.4. The topological polar surface area (TPSA) is 95.5 Å². The summed E-state index contributed by atoms with van der Waals surface area (Å²) >= 11 is 0. The van der Waals surface area contributed by atoms with Crippen molar-refractivity contribution in [1.82, 2.24) is 0 Å². The van der Waals surface area contributed by atoms with E-state index in [1.165, 1.54) is 0 Å². The number of esters is 3. The van der Waals surface area contributed by atoms with Gasteiger partial charge in [0.2, 0.25) is 5.76 Å². The average molecular weight is 556 g/mol. The summed E-state index contributed by atoms with van der Waals surface area (Å²) in [5.74, 6) is 1.13. The van der Waals surface area contributed by atoms with E-state index in [1.807, 2.05) is 36.4 Å². The normalized spacial score (nSPS) is 19.0. The number of furan rings is 1. The third-order valence-electron chi connectivity index (χ3n) is 6.98. The van der Waals surface area contributed by atoms with Crippen LogP contribution in [0.4, 0.5) is 0 Å². The lowest BCUT2D eigenvalue weighted by Gasteiger charge is -2.27. The highest BCUT2D eigenvalue weighted by atomic mass is 16.6. The summed E-state index contributed by atoms with van der Waals surface area (Å²) in [5.41, 5.74) is 3.08. The quantitative estimate of drug-likeness (QED) is 0.181. The number of allylic oxidation sites excluding steroid dienone is 2. The number of ether oxygens (including phenoxy) is 4. The minimum atomic E-state index is -0.502. The van der Waals surface area contributed by atoms with Crippen molar-refractivity contribution in [3.05, 3.63) is 107 Å². The Kier molecular flexibility index (Phi) is 7.92. The third-order valence-corrected chi connectivity index (χ3v) is 6.98. The Morgan fingerprint density at radius 3 is 2.37 bits per heavy atom. The number of hydrogen-bond donors (Lipinski definition) is 0. The fourth-order valence-corrected chi connectivity index (χ4v) is 5.11. The highest BCUT2D eigenvalue weighted by molar-refractivity contribution is 5.97. The van der Waals surface area contributed by atoms with E-state index >= 15 is 0 Å². The first kappa shape index (κ1) is 27.7. The molecule has 2 aliphatic heterocycles. The van der Waals surface area contributed by atoms with Crippen LogP contribution in [-0.2, 0) is 23.4 Å². The molecule has 0 aliphatic carbocycles. The van der Waals surface area contributed by atoms with E-state index in [9.17, 15) is 9.59 Å². The van der Waals surface area contributed by atoms with Gasteiger partial charge in [0, 0.05) is 29.5 Å². The predicted molar refractivity (Wildman–Crippen MR) is 152 cm³/mol. The first-order chi connectivity index (χ1) is 19.9. The molecule has 5 rings (SSSR count). The third kappa shape index (κ3) is 5.33. The Morgan fingerprint density at radius 2 is 1.66 bits per heavy atom. The van der Waals surface area contributed by atoms with Crippen LogP contribution in [0.3, 0.4) is 0 Å². The Bertz CT molecular complexity index is 1590. The molecule has 210 valence electrons. The summed E-state index contributed by atoms with van der Waals surface area (Å²) in [4.78, 5) is 25.1. The lowest BCUT2D eigenvalue weighted by molar-refractivity contribution is -0.396. The summed E-state index contributed by atoms with van der Waals surface area (Å²) in [6, 6.07) is 18.2. The summed E-state index contributed by atoms with van der Waals surface area (Å²) in [7, 11) is 1.59. The van der Waals surface area contributed by atoms with Crippen LogP contribution in [0.15, 0.2) is 94.3 Å². The fraction of sp³-hybridized carbons (Fsp3) is 0.242. The molecule has 3 aromatic rings. The Labute approximate surface area is 238 Å². The molecule has 8 heteroatoms. The molecule has 0 saturated heterocycles. The number of carbonyl (C=O) groups is 2. The first-order valence-corrected chi connectivity index (χ1v) is 13.4. The van der Waals surface area contributed by atoms with E-state index < -0.39 is 17.8 Å². The highest BCUT2D eigenvalue weighted by Crippen LogP contribution is 2.49. The molecule has 0 radical (unpaired) electrons. The van der Waals surface area contributed by atoms with Crippen LogP contribution in [0.2, 0.25) is 0 Å². The molecule has 8 nitrogen and oxygen atoms in total. The molecule has 1 aromatic heterocycles. The largest absolute Gasteiger partial charge is 0.506 e. The maximum absolute atomic E-state index is 13.2. The lowest BCUT2D eigenvalue weighted by Crippen LogP contribution is -2.33. The van der Waals surface area contributed by atoms with Crippen molar-refractivity contribution < 1.29 is 37.4 Å². The van der Waals surface area contributed by atoms with Crippen LogP contribution in [0.5, 0.6) is 5.75 Å². The van der Waals surface area contributed by atoms with Crippen molar-refractivity contribution >= 4 is 24.0 Å². The highest BCUT2D eigenvalue weighted by Gasteiger charge is 2.55. The summed E-state index contributed by atoms with van der Waals surface area (Å²) in [6.07, 6.45) is 1.74. The number of carbonyl (C=O) groups excluding carboxylic acids is 3. The molecule has 2 aliphatic rings. The van der Waals surface area contributed by atoms with Gasteiger partial charge in [-0.2, -0.15) is 0 Å². The van der Waals surface area contributed by atoms with Crippen LogP contribution in [0.25, 0.3) is 17.4 Å². The number of benzene rings is 2. The number of fused-ring (bicyclic) bond motifs is 1. The molecule has 2 aromatic carbocycles. The van der Waals surface area contributed by atoms with Crippen molar-refractivity contribution in [3.8, 4) is 17.1 Å². The summed E-state index contributed by atoms with van der Waals surface area (Å²) in [6.45, 7) is 10.1. The van der Waals surface area contributed by atoms with Gasteiger partial charge in [-0.25, -0.2) is 9.59 Å². The van der Waals surface area contributed by atoms with Gasteiger partial charge in [0.25, 0.3) is 5.76 Å². The maximum atomic E-state index is 13.2. The second-order valence-corrected chi connectivity index (χ2v) is 9.44. The van der Waals surface area contributed by atoms with Gasteiger partial charge in [0.05, 0.1) is 32.0 Å². The monoisotopic (exact) mass is 555 g/mol. The van der Waals surface area contributed by atoms with Gasteiger partial charge in [-0.05, 0) is 44.2 Å². The second-order valence-electron chi connectivity index (χ2n) is 9.44. The molecule has 3 heterocycles. The maximum Gasteiger partial charge on any atom is 0.506 e. The molecule has 0 bridgehead atoms. The van der Waals surface area contributed by atoms with Crippen molar-refractivity contribution in [1.29, 1.82) is 0 Å². The van der Waals surface area contributed by atoms with Gasteiger partial charge in [-0.15, -0.1) is 0 Å². The van der Waals surface area contributed by atoms with Crippen molar-refractivity contribution in [3.63, 3.8) is 0 Å². The van der Waals surface area contributed by atoms with Gasteiger partial charge >= 0.3 is 17.9 Å². The van der Waals surface area contributed by atoms with E-state index in [0.29, 0.717) is 58.1 Å². The van der Waals surface area contributed by atoms with Crippen LogP contribution in [-0.4, -0.2) is 38.2 Å². The van der Waals surface area contributed by atoms with E-state index in [2.05, 4.69) is 6.58 Å². The molecule has 2 unspecified atom stereocenters.